The SMILES string of the molecule is N[C@@H](Cc1cc(C(=O)Nc2cccc(B(O)O)c2)cs1)C(=O)O. The molecule has 0 saturated carbocycles. The van der Waals surface area contributed by atoms with Crippen LogP contribution in [0.2, 0.25) is 0 Å². The molecule has 7 nitrogen and oxygen atoms in total. The maximum Gasteiger partial charge on any atom is 0.488 e. The summed E-state index contributed by atoms with van der Waals surface area (Å²) >= 11 is 1.26. The van der Waals surface area contributed by atoms with Gasteiger partial charge in [-0.25, -0.2) is 0 Å². The Labute approximate surface area is 136 Å². The molecular weight excluding hydrogens is 319 g/mol. The fraction of sp³-hybridized carbons (Fsp3) is 0.143. The van der Waals surface area contributed by atoms with Crippen LogP contribution in [0.3, 0.4) is 0 Å². The summed E-state index contributed by atoms with van der Waals surface area (Å²) < 4.78 is 0. The molecule has 0 fully saturated rings. The quantitative estimate of drug-likeness (QED) is 0.458. The van der Waals surface area contributed by atoms with Crippen molar-refractivity contribution in [2.45, 2.75) is 12.5 Å². The molecule has 1 aromatic heterocycles. The van der Waals surface area contributed by atoms with E-state index < -0.39 is 19.1 Å². The lowest BCUT2D eigenvalue weighted by molar-refractivity contribution is -0.138. The Morgan fingerprint density at radius 1 is 1.30 bits per heavy atom. The highest BCUT2D eigenvalue weighted by atomic mass is 32.1. The van der Waals surface area contributed by atoms with Gasteiger partial charge >= 0.3 is 13.1 Å². The van der Waals surface area contributed by atoms with Gasteiger partial charge in [0, 0.05) is 22.4 Å². The van der Waals surface area contributed by atoms with Crippen LogP contribution in [-0.4, -0.2) is 40.2 Å². The lowest BCUT2D eigenvalue weighted by Gasteiger charge is -2.06. The molecular formula is C14H15BN2O5S. The number of anilines is 1. The van der Waals surface area contributed by atoms with Crippen molar-refractivity contribution in [1.29, 1.82) is 0 Å². The number of carbonyl (C=O) groups is 2. The summed E-state index contributed by atoms with van der Waals surface area (Å²) in [6.07, 6.45) is 0.152. The zero-order chi connectivity index (χ0) is 17.0. The van der Waals surface area contributed by atoms with Crippen molar-refractivity contribution in [2.75, 3.05) is 5.32 Å². The average Bonchev–Trinajstić information content (AvgIpc) is 2.96. The van der Waals surface area contributed by atoms with Crippen LogP contribution in [0.5, 0.6) is 0 Å². The number of nitrogens with two attached hydrogens (primary N) is 1. The number of aliphatic carboxylic acids is 1. The molecule has 0 saturated heterocycles. The summed E-state index contributed by atoms with van der Waals surface area (Å²) in [5.41, 5.74) is 6.54. The van der Waals surface area contributed by atoms with E-state index in [9.17, 15) is 9.59 Å². The molecule has 0 unspecified atom stereocenters. The minimum atomic E-state index is -1.61. The van der Waals surface area contributed by atoms with Gasteiger partial charge in [0.1, 0.15) is 6.04 Å². The first kappa shape index (κ1) is 17.2. The number of benzene rings is 1. The molecule has 0 bridgehead atoms. The highest BCUT2D eigenvalue weighted by molar-refractivity contribution is 7.10. The van der Waals surface area contributed by atoms with Gasteiger partial charge in [0.2, 0.25) is 0 Å². The van der Waals surface area contributed by atoms with Gasteiger partial charge in [0.15, 0.2) is 0 Å². The van der Waals surface area contributed by atoms with Gasteiger partial charge in [-0.05, 0) is 23.7 Å². The summed E-state index contributed by atoms with van der Waals surface area (Å²) in [6.45, 7) is 0. The van der Waals surface area contributed by atoms with Gasteiger partial charge in [-0.3, -0.25) is 9.59 Å². The Kier molecular flexibility index (Phi) is 5.51. The van der Waals surface area contributed by atoms with Gasteiger partial charge in [-0.1, -0.05) is 12.1 Å². The Hall–Kier alpha value is -2.20. The van der Waals surface area contributed by atoms with Crippen LogP contribution in [0.15, 0.2) is 35.7 Å². The van der Waals surface area contributed by atoms with Crippen LogP contribution < -0.4 is 16.5 Å². The Bertz CT molecular complexity index is 719. The van der Waals surface area contributed by atoms with Crippen LogP contribution in [0.4, 0.5) is 5.69 Å². The molecule has 0 aliphatic heterocycles. The predicted molar refractivity (Wildman–Crippen MR) is 87.9 cm³/mol. The van der Waals surface area contributed by atoms with Crippen molar-refractivity contribution in [1.82, 2.24) is 0 Å². The van der Waals surface area contributed by atoms with E-state index >= 15 is 0 Å². The second-order valence-electron chi connectivity index (χ2n) is 4.90. The van der Waals surface area contributed by atoms with Gasteiger partial charge in [-0.15, -0.1) is 11.3 Å². The van der Waals surface area contributed by atoms with Crippen LogP contribution in [0, 0.1) is 0 Å². The molecule has 0 aliphatic rings. The summed E-state index contributed by atoms with van der Waals surface area (Å²) in [7, 11) is -1.61. The number of amides is 1. The number of carboxylic acid groups (broad SMARTS) is 1. The lowest BCUT2D eigenvalue weighted by Crippen LogP contribution is -2.31. The molecule has 2 rings (SSSR count). The zero-order valence-electron chi connectivity index (χ0n) is 12.0. The van der Waals surface area contributed by atoms with Crippen molar-refractivity contribution >= 4 is 41.5 Å². The lowest BCUT2D eigenvalue weighted by atomic mass is 9.80. The van der Waals surface area contributed by atoms with Gasteiger partial charge < -0.3 is 26.2 Å². The number of nitrogens with one attached hydrogen (secondary N) is 1. The van der Waals surface area contributed by atoms with Crippen molar-refractivity contribution < 1.29 is 24.7 Å². The minimum absolute atomic E-state index is 0.152. The fourth-order valence-corrected chi connectivity index (χ4v) is 2.82. The first-order chi connectivity index (χ1) is 10.9. The van der Waals surface area contributed by atoms with E-state index in [1.165, 1.54) is 23.5 Å². The third kappa shape index (κ3) is 4.63. The molecule has 2 aromatic rings. The highest BCUT2D eigenvalue weighted by Gasteiger charge is 2.16. The summed E-state index contributed by atoms with van der Waals surface area (Å²) in [5, 5.41) is 31.3. The third-order valence-corrected chi connectivity index (χ3v) is 4.06. The van der Waals surface area contributed by atoms with Gasteiger partial charge in [0.25, 0.3) is 5.91 Å². The molecule has 1 heterocycles. The normalized spacial score (nSPS) is 11.8. The standard InChI is InChI=1S/C14H15BN2O5S/c16-12(14(19)20)6-11-4-8(7-23-11)13(18)17-10-3-1-2-9(5-10)15(21)22/h1-5,7,12,21-22H,6,16H2,(H,17,18)(H,19,20)/t12-/m0/s1. The Balaban J connectivity index is 2.05. The second kappa shape index (κ2) is 7.38. The molecule has 0 radical (unpaired) electrons. The minimum Gasteiger partial charge on any atom is -0.480 e. The maximum atomic E-state index is 12.2. The van der Waals surface area contributed by atoms with Crippen LogP contribution >= 0.6 is 11.3 Å². The van der Waals surface area contributed by atoms with Crippen molar-refractivity contribution in [2.24, 2.45) is 5.73 Å². The highest BCUT2D eigenvalue weighted by Crippen LogP contribution is 2.18. The smallest absolute Gasteiger partial charge is 0.480 e. The number of carbonyl (C=O) groups excluding carboxylic acids is 1. The van der Waals surface area contributed by atoms with Crippen LogP contribution in [0.25, 0.3) is 0 Å². The first-order valence-electron chi connectivity index (χ1n) is 6.70. The van der Waals surface area contributed by atoms with Crippen molar-refractivity contribution in [3.8, 4) is 0 Å². The number of rotatable bonds is 6. The van der Waals surface area contributed by atoms with Crippen LogP contribution in [0.1, 0.15) is 15.2 Å². The zero-order valence-corrected chi connectivity index (χ0v) is 12.8. The van der Waals surface area contributed by atoms with Gasteiger partial charge in [-0.2, -0.15) is 0 Å². The molecule has 1 aromatic carbocycles. The van der Waals surface area contributed by atoms with E-state index in [-0.39, 0.29) is 17.8 Å². The molecule has 0 spiro atoms. The monoisotopic (exact) mass is 334 g/mol. The molecule has 9 heteroatoms. The molecule has 1 atom stereocenters. The first-order valence-corrected chi connectivity index (χ1v) is 7.58. The number of carboxylic acids is 1. The number of hydrogen-bond acceptors (Lipinski definition) is 6. The summed E-state index contributed by atoms with van der Waals surface area (Å²) in [5.74, 6) is -1.47. The molecule has 23 heavy (non-hydrogen) atoms. The molecule has 120 valence electrons. The Morgan fingerprint density at radius 2 is 2.04 bits per heavy atom. The summed E-state index contributed by atoms with van der Waals surface area (Å²) in [6, 6.07) is 6.78. The van der Waals surface area contributed by atoms with E-state index in [4.69, 9.17) is 20.9 Å². The van der Waals surface area contributed by atoms with Crippen molar-refractivity contribution in [3.05, 3.63) is 46.2 Å². The number of thiophene rings is 1. The fourth-order valence-electron chi connectivity index (χ4n) is 1.89. The van der Waals surface area contributed by atoms with Crippen LogP contribution in [-0.2, 0) is 11.2 Å². The third-order valence-electron chi connectivity index (χ3n) is 3.10. The topological polar surface area (TPSA) is 133 Å². The van der Waals surface area contributed by atoms with E-state index in [0.717, 1.165) is 0 Å². The summed E-state index contributed by atoms with van der Waals surface area (Å²) in [4.78, 5) is 23.6. The molecule has 6 N–H and O–H groups in total. The number of hydrogen-bond donors (Lipinski definition) is 5. The van der Waals surface area contributed by atoms with E-state index in [1.807, 2.05) is 0 Å². The predicted octanol–water partition coefficient (Wildman–Crippen LogP) is -0.365. The maximum absolute atomic E-state index is 12.2. The van der Waals surface area contributed by atoms with E-state index in [1.54, 1.807) is 23.6 Å². The molecule has 1 amide bonds. The average molecular weight is 334 g/mol. The largest absolute Gasteiger partial charge is 0.488 e. The second-order valence-corrected chi connectivity index (χ2v) is 5.90. The van der Waals surface area contributed by atoms with Crippen molar-refractivity contribution in [3.63, 3.8) is 0 Å². The van der Waals surface area contributed by atoms with Gasteiger partial charge in [0.05, 0.1) is 5.56 Å². The van der Waals surface area contributed by atoms with E-state index in [0.29, 0.717) is 16.1 Å². The molecule has 0 aliphatic carbocycles. The Morgan fingerprint density at radius 3 is 2.70 bits per heavy atom. The van der Waals surface area contributed by atoms with E-state index in [2.05, 4.69) is 5.32 Å².